The smallest absolute Gasteiger partial charge is 0.226 e. The third kappa shape index (κ3) is 2.58. The van der Waals surface area contributed by atoms with Crippen molar-refractivity contribution in [3.05, 3.63) is 11.4 Å². The van der Waals surface area contributed by atoms with Crippen molar-refractivity contribution in [2.45, 2.75) is 32.2 Å². The number of thiophene rings is 1. The standard InChI is InChI=1S/C14H20N4OS/c1-2-15-14-17-12(10-6-7-20-13(10)18-14)16-11-5-3-4-9(11)8-19/h6-7,9,11,19H,2-5,8H2,1H3,(H2,15,16,17,18). The van der Waals surface area contributed by atoms with Crippen molar-refractivity contribution < 1.29 is 5.11 Å². The van der Waals surface area contributed by atoms with E-state index in [4.69, 9.17) is 0 Å². The zero-order chi connectivity index (χ0) is 13.9. The molecule has 108 valence electrons. The summed E-state index contributed by atoms with van der Waals surface area (Å²) in [5.74, 6) is 1.89. The predicted molar refractivity (Wildman–Crippen MR) is 83.4 cm³/mol. The molecule has 6 heteroatoms. The topological polar surface area (TPSA) is 70.1 Å². The van der Waals surface area contributed by atoms with E-state index in [1.807, 2.05) is 12.3 Å². The predicted octanol–water partition coefficient (Wildman–Crippen LogP) is 2.70. The zero-order valence-corrected chi connectivity index (χ0v) is 12.4. The van der Waals surface area contributed by atoms with Gasteiger partial charge in [0.2, 0.25) is 5.95 Å². The maximum Gasteiger partial charge on any atom is 0.226 e. The minimum absolute atomic E-state index is 0.246. The van der Waals surface area contributed by atoms with Gasteiger partial charge in [-0.2, -0.15) is 4.98 Å². The lowest BCUT2D eigenvalue weighted by Gasteiger charge is -2.20. The van der Waals surface area contributed by atoms with Gasteiger partial charge in [0.25, 0.3) is 0 Å². The molecule has 1 fully saturated rings. The summed E-state index contributed by atoms with van der Waals surface area (Å²) in [5, 5.41) is 19.3. The molecule has 0 radical (unpaired) electrons. The van der Waals surface area contributed by atoms with Crippen molar-refractivity contribution in [2.24, 2.45) is 5.92 Å². The van der Waals surface area contributed by atoms with E-state index in [-0.39, 0.29) is 6.61 Å². The lowest BCUT2D eigenvalue weighted by atomic mass is 10.1. The minimum atomic E-state index is 0.246. The molecule has 0 bridgehead atoms. The molecule has 0 spiro atoms. The highest BCUT2D eigenvalue weighted by Gasteiger charge is 2.27. The molecule has 0 aromatic carbocycles. The van der Waals surface area contributed by atoms with Crippen molar-refractivity contribution in [1.82, 2.24) is 9.97 Å². The summed E-state index contributed by atoms with van der Waals surface area (Å²) in [6.07, 6.45) is 3.35. The molecule has 5 nitrogen and oxygen atoms in total. The van der Waals surface area contributed by atoms with Gasteiger partial charge >= 0.3 is 0 Å². The number of nitrogens with one attached hydrogen (secondary N) is 2. The summed E-state index contributed by atoms with van der Waals surface area (Å²) in [5.41, 5.74) is 0. The van der Waals surface area contributed by atoms with Gasteiger partial charge in [0.05, 0.1) is 5.39 Å². The highest BCUT2D eigenvalue weighted by atomic mass is 32.1. The van der Waals surface area contributed by atoms with Crippen LogP contribution in [0.4, 0.5) is 11.8 Å². The summed E-state index contributed by atoms with van der Waals surface area (Å²) in [4.78, 5) is 10.1. The first-order valence-electron chi connectivity index (χ1n) is 7.18. The van der Waals surface area contributed by atoms with Gasteiger partial charge in [0.15, 0.2) is 0 Å². The number of anilines is 2. The van der Waals surface area contributed by atoms with Crippen LogP contribution in [0.25, 0.3) is 10.2 Å². The number of hydrogen-bond acceptors (Lipinski definition) is 6. The Morgan fingerprint density at radius 1 is 1.40 bits per heavy atom. The number of aliphatic hydroxyl groups excluding tert-OH is 1. The Balaban J connectivity index is 1.90. The summed E-state index contributed by atoms with van der Waals surface area (Å²) in [6, 6.07) is 2.37. The molecule has 2 heterocycles. The van der Waals surface area contributed by atoms with Gasteiger partial charge in [-0.05, 0) is 31.2 Å². The van der Waals surface area contributed by atoms with Crippen LogP contribution in [0.3, 0.4) is 0 Å². The Labute approximate surface area is 122 Å². The largest absolute Gasteiger partial charge is 0.396 e. The second kappa shape index (κ2) is 5.93. The molecule has 3 N–H and O–H groups in total. The molecule has 2 aromatic rings. The second-order valence-electron chi connectivity index (χ2n) is 5.19. The number of aliphatic hydroxyl groups is 1. The summed E-state index contributed by atoms with van der Waals surface area (Å²) < 4.78 is 0. The third-order valence-electron chi connectivity index (χ3n) is 3.88. The Morgan fingerprint density at radius 3 is 3.10 bits per heavy atom. The molecule has 3 rings (SSSR count). The molecule has 1 saturated carbocycles. The maximum atomic E-state index is 9.44. The Morgan fingerprint density at radius 2 is 2.30 bits per heavy atom. The SMILES string of the molecule is CCNc1nc(NC2CCCC2CO)c2ccsc2n1. The van der Waals surface area contributed by atoms with Crippen molar-refractivity contribution in [3.63, 3.8) is 0 Å². The van der Waals surface area contributed by atoms with Gasteiger partial charge in [0, 0.05) is 25.1 Å². The van der Waals surface area contributed by atoms with Crippen LogP contribution < -0.4 is 10.6 Å². The summed E-state index contributed by atoms with van der Waals surface area (Å²) >= 11 is 1.63. The maximum absolute atomic E-state index is 9.44. The van der Waals surface area contributed by atoms with Gasteiger partial charge in [-0.1, -0.05) is 6.42 Å². The van der Waals surface area contributed by atoms with Gasteiger partial charge < -0.3 is 15.7 Å². The van der Waals surface area contributed by atoms with Crippen molar-refractivity contribution in [3.8, 4) is 0 Å². The van der Waals surface area contributed by atoms with Crippen LogP contribution in [0, 0.1) is 5.92 Å². The van der Waals surface area contributed by atoms with Crippen LogP contribution in [0.5, 0.6) is 0 Å². The molecular formula is C14H20N4OS. The average Bonchev–Trinajstić information content (AvgIpc) is 3.07. The van der Waals surface area contributed by atoms with E-state index < -0.39 is 0 Å². The van der Waals surface area contributed by atoms with Crippen molar-refractivity contribution in [2.75, 3.05) is 23.8 Å². The molecule has 0 aliphatic heterocycles. The van der Waals surface area contributed by atoms with E-state index in [9.17, 15) is 5.11 Å². The first-order chi connectivity index (χ1) is 9.81. The van der Waals surface area contributed by atoms with E-state index in [0.29, 0.717) is 17.9 Å². The number of nitrogens with zero attached hydrogens (tertiary/aromatic N) is 2. The van der Waals surface area contributed by atoms with E-state index >= 15 is 0 Å². The van der Waals surface area contributed by atoms with Crippen LogP contribution in [-0.4, -0.2) is 34.3 Å². The minimum Gasteiger partial charge on any atom is -0.396 e. The molecule has 0 amide bonds. The normalized spacial score (nSPS) is 22.3. The molecule has 2 aromatic heterocycles. The van der Waals surface area contributed by atoms with E-state index in [1.54, 1.807) is 11.3 Å². The molecule has 0 saturated heterocycles. The third-order valence-corrected chi connectivity index (χ3v) is 4.68. The van der Waals surface area contributed by atoms with Crippen LogP contribution in [-0.2, 0) is 0 Å². The molecule has 1 aliphatic carbocycles. The molecule has 2 unspecified atom stereocenters. The van der Waals surface area contributed by atoms with Crippen LogP contribution in [0.15, 0.2) is 11.4 Å². The average molecular weight is 292 g/mol. The fourth-order valence-electron chi connectivity index (χ4n) is 2.82. The molecular weight excluding hydrogens is 272 g/mol. The lowest BCUT2D eigenvalue weighted by Crippen LogP contribution is -2.27. The highest BCUT2D eigenvalue weighted by Crippen LogP contribution is 2.32. The molecule has 20 heavy (non-hydrogen) atoms. The Kier molecular flexibility index (Phi) is 4.03. The van der Waals surface area contributed by atoms with Gasteiger partial charge in [-0.15, -0.1) is 11.3 Å². The lowest BCUT2D eigenvalue weighted by molar-refractivity contribution is 0.222. The summed E-state index contributed by atoms with van der Waals surface area (Å²) in [6.45, 7) is 3.09. The highest BCUT2D eigenvalue weighted by molar-refractivity contribution is 7.16. The number of fused-ring (bicyclic) bond motifs is 1. The first-order valence-corrected chi connectivity index (χ1v) is 8.06. The monoisotopic (exact) mass is 292 g/mol. The van der Waals surface area contributed by atoms with Crippen LogP contribution >= 0.6 is 11.3 Å². The molecule has 1 aliphatic rings. The Hall–Kier alpha value is -1.40. The van der Waals surface area contributed by atoms with E-state index in [1.165, 1.54) is 6.42 Å². The first kappa shape index (κ1) is 13.6. The van der Waals surface area contributed by atoms with Gasteiger partial charge in [-0.25, -0.2) is 4.98 Å². The van der Waals surface area contributed by atoms with Crippen molar-refractivity contribution >= 4 is 33.3 Å². The van der Waals surface area contributed by atoms with Crippen molar-refractivity contribution in [1.29, 1.82) is 0 Å². The van der Waals surface area contributed by atoms with Gasteiger partial charge in [0.1, 0.15) is 10.6 Å². The number of hydrogen-bond donors (Lipinski definition) is 3. The number of rotatable bonds is 5. The second-order valence-corrected chi connectivity index (χ2v) is 6.08. The van der Waals surface area contributed by atoms with Crippen LogP contribution in [0.1, 0.15) is 26.2 Å². The zero-order valence-electron chi connectivity index (χ0n) is 11.6. The fourth-order valence-corrected chi connectivity index (χ4v) is 3.59. The summed E-state index contributed by atoms with van der Waals surface area (Å²) in [7, 11) is 0. The fraction of sp³-hybridized carbons (Fsp3) is 0.571. The molecule has 2 atom stereocenters. The Bertz CT molecular complexity index is 586. The van der Waals surface area contributed by atoms with Gasteiger partial charge in [-0.3, -0.25) is 0 Å². The quantitative estimate of drug-likeness (QED) is 0.790. The van der Waals surface area contributed by atoms with Crippen LogP contribution in [0.2, 0.25) is 0 Å². The van der Waals surface area contributed by atoms with E-state index in [2.05, 4.69) is 26.7 Å². The number of aromatic nitrogens is 2. The van der Waals surface area contributed by atoms with E-state index in [0.717, 1.165) is 35.4 Å².